The van der Waals surface area contributed by atoms with Crippen molar-refractivity contribution in [3.05, 3.63) is 29.3 Å². The largest absolute Gasteiger partial charge is 0.380 e. The van der Waals surface area contributed by atoms with E-state index in [9.17, 15) is 0 Å². The predicted octanol–water partition coefficient (Wildman–Crippen LogP) is 2.97. The summed E-state index contributed by atoms with van der Waals surface area (Å²) in [5, 5.41) is 3.45. The molecule has 0 radical (unpaired) electrons. The normalized spacial score (nSPS) is 11.1. The number of aryl methyl sites for hydroxylation is 1. The zero-order valence-corrected chi connectivity index (χ0v) is 13.0. The SMILES string of the molecule is CCOCCN(C)c1ccc(CNC(C)C)cc1C. The molecule has 0 saturated carbocycles. The monoisotopic (exact) mass is 264 g/mol. The minimum absolute atomic E-state index is 0.522. The van der Waals surface area contributed by atoms with E-state index in [-0.39, 0.29) is 0 Å². The quantitative estimate of drug-likeness (QED) is 0.731. The van der Waals surface area contributed by atoms with Gasteiger partial charge in [0.25, 0.3) is 0 Å². The highest BCUT2D eigenvalue weighted by molar-refractivity contribution is 5.53. The molecular weight excluding hydrogens is 236 g/mol. The molecule has 3 heteroatoms. The maximum Gasteiger partial charge on any atom is 0.0641 e. The second kappa shape index (κ2) is 8.18. The van der Waals surface area contributed by atoms with Gasteiger partial charge in [0, 0.05) is 38.5 Å². The van der Waals surface area contributed by atoms with Crippen LogP contribution in [0.2, 0.25) is 0 Å². The number of hydrogen-bond donors (Lipinski definition) is 1. The van der Waals surface area contributed by atoms with Crippen molar-refractivity contribution in [1.82, 2.24) is 5.32 Å². The topological polar surface area (TPSA) is 24.5 Å². The van der Waals surface area contributed by atoms with Gasteiger partial charge in [-0.25, -0.2) is 0 Å². The van der Waals surface area contributed by atoms with E-state index in [0.717, 1.165) is 26.3 Å². The number of rotatable bonds is 8. The van der Waals surface area contributed by atoms with Crippen LogP contribution >= 0.6 is 0 Å². The lowest BCUT2D eigenvalue weighted by Crippen LogP contribution is -2.24. The molecule has 0 saturated heterocycles. The number of ether oxygens (including phenoxy) is 1. The second-order valence-electron chi connectivity index (χ2n) is 5.27. The van der Waals surface area contributed by atoms with E-state index in [1.54, 1.807) is 0 Å². The van der Waals surface area contributed by atoms with E-state index < -0.39 is 0 Å². The van der Waals surface area contributed by atoms with Gasteiger partial charge in [-0.3, -0.25) is 0 Å². The number of nitrogens with zero attached hydrogens (tertiary/aromatic N) is 1. The number of benzene rings is 1. The Hall–Kier alpha value is -1.06. The van der Waals surface area contributed by atoms with E-state index in [0.29, 0.717) is 6.04 Å². The molecule has 0 aliphatic carbocycles. The third-order valence-electron chi connectivity index (χ3n) is 3.16. The van der Waals surface area contributed by atoms with Gasteiger partial charge >= 0.3 is 0 Å². The van der Waals surface area contributed by atoms with Gasteiger partial charge in [0.1, 0.15) is 0 Å². The molecule has 1 aromatic rings. The average Bonchev–Trinajstić information content (AvgIpc) is 2.36. The Morgan fingerprint density at radius 2 is 2.05 bits per heavy atom. The van der Waals surface area contributed by atoms with Crippen molar-refractivity contribution in [2.75, 3.05) is 31.7 Å². The molecule has 108 valence electrons. The number of anilines is 1. The van der Waals surface area contributed by atoms with Gasteiger partial charge in [-0.2, -0.15) is 0 Å². The van der Waals surface area contributed by atoms with E-state index in [1.165, 1.54) is 16.8 Å². The lowest BCUT2D eigenvalue weighted by molar-refractivity contribution is 0.154. The Morgan fingerprint density at radius 1 is 1.32 bits per heavy atom. The summed E-state index contributed by atoms with van der Waals surface area (Å²) in [5.41, 5.74) is 3.95. The summed E-state index contributed by atoms with van der Waals surface area (Å²) in [7, 11) is 2.12. The van der Waals surface area contributed by atoms with E-state index in [1.807, 2.05) is 6.92 Å². The molecule has 0 bridgehead atoms. The van der Waals surface area contributed by atoms with E-state index >= 15 is 0 Å². The van der Waals surface area contributed by atoms with Crippen molar-refractivity contribution in [3.63, 3.8) is 0 Å². The Bertz CT molecular complexity index is 377. The van der Waals surface area contributed by atoms with Gasteiger partial charge in [0.05, 0.1) is 6.61 Å². The first kappa shape index (κ1) is 16.0. The highest BCUT2D eigenvalue weighted by Gasteiger charge is 2.05. The fourth-order valence-corrected chi connectivity index (χ4v) is 2.04. The molecule has 0 fully saturated rings. The van der Waals surface area contributed by atoms with Gasteiger partial charge in [-0.05, 0) is 31.0 Å². The molecule has 0 spiro atoms. The second-order valence-corrected chi connectivity index (χ2v) is 5.27. The standard InChI is InChI=1S/C16H28N2O/c1-6-19-10-9-18(5)16-8-7-15(11-14(16)4)12-17-13(2)3/h7-8,11,13,17H,6,9-10,12H2,1-5H3. The number of nitrogens with one attached hydrogen (secondary N) is 1. The van der Waals surface area contributed by atoms with Crippen LogP contribution in [-0.4, -0.2) is 32.8 Å². The molecule has 0 aliphatic rings. The minimum atomic E-state index is 0.522. The van der Waals surface area contributed by atoms with Crippen molar-refractivity contribution in [1.29, 1.82) is 0 Å². The van der Waals surface area contributed by atoms with Crippen molar-refractivity contribution < 1.29 is 4.74 Å². The Kier molecular flexibility index (Phi) is 6.89. The van der Waals surface area contributed by atoms with Crippen LogP contribution in [0.4, 0.5) is 5.69 Å². The summed E-state index contributed by atoms with van der Waals surface area (Å²) >= 11 is 0. The van der Waals surface area contributed by atoms with Gasteiger partial charge in [0.2, 0.25) is 0 Å². The summed E-state index contributed by atoms with van der Waals surface area (Å²) in [6, 6.07) is 7.20. The van der Waals surface area contributed by atoms with Crippen LogP contribution in [0, 0.1) is 6.92 Å². The van der Waals surface area contributed by atoms with Gasteiger partial charge in [0.15, 0.2) is 0 Å². The molecule has 0 heterocycles. The molecule has 3 nitrogen and oxygen atoms in total. The molecule has 0 aromatic heterocycles. The zero-order valence-electron chi connectivity index (χ0n) is 13.0. The summed E-state index contributed by atoms with van der Waals surface area (Å²) < 4.78 is 5.40. The lowest BCUT2D eigenvalue weighted by atomic mass is 10.1. The number of hydrogen-bond acceptors (Lipinski definition) is 3. The van der Waals surface area contributed by atoms with E-state index in [4.69, 9.17) is 4.74 Å². The van der Waals surface area contributed by atoms with Gasteiger partial charge in [-0.15, -0.1) is 0 Å². The molecule has 1 N–H and O–H groups in total. The lowest BCUT2D eigenvalue weighted by Gasteiger charge is -2.22. The summed E-state index contributed by atoms with van der Waals surface area (Å²) in [6.45, 7) is 12.0. The maximum atomic E-state index is 5.40. The van der Waals surface area contributed by atoms with Crippen molar-refractivity contribution in [2.45, 2.75) is 40.3 Å². The van der Waals surface area contributed by atoms with Gasteiger partial charge in [-0.1, -0.05) is 26.0 Å². The predicted molar refractivity (Wildman–Crippen MR) is 82.9 cm³/mol. The molecule has 0 unspecified atom stereocenters. The molecule has 1 aromatic carbocycles. The van der Waals surface area contributed by atoms with Crippen LogP contribution in [0.15, 0.2) is 18.2 Å². The van der Waals surface area contributed by atoms with Crippen LogP contribution in [0.1, 0.15) is 31.9 Å². The summed E-state index contributed by atoms with van der Waals surface area (Å²) in [4.78, 5) is 2.25. The smallest absolute Gasteiger partial charge is 0.0641 e. The Balaban J connectivity index is 2.60. The van der Waals surface area contributed by atoms with Crippen LogP contribution in [0.5, 0.6) is 0 Å². The maximum absolute atomic E-state index is 5.40. The third-order valence-corrected chi connectivity index (χ3v) is 3.16. The first-order valence-electron chi connectivity index (χ1n) is 7.16. The van der Waals surface area contributed by atoms with Crippen molar-refractivity contribution in [2.24, 2.45) is 0 Å². The minimum Gasteiger partial charge on any atom is -0.380 e. The molecule has 0 aliphatic heterocycles. The molecule has 19 heavy (non-hydrogen) atoms. The first-order chi connectivity index (χ1) is 9.04. The third kappa shape index (κ3) is 5.62. The molecule has 0 amide bonds. The van der Waals surface area contributed by atoms with Crippen molar-refractivity contribution >= 4 is 5.69 Å². The summed E-state index contributed by atoms with van der Waals surface area (Å²) in [6.07, 6.45) is 0. The number of likely N-dealkylation sites (N-methyl/N-ethyl adjacent to an activating group) is 1. The Morgan fingerprint density at radius 3 is 2.63 bits per heavy atom. The molecular formula is C16H28N2O. The highest BCUT2D eigenvalue weighted by Crippen LogP contribution is 2.20. The van der Waals surface area contributed by atoms with Crippen LogP contribution in [0.25, 0.3) is 0 Å². The highest BCUT2D eigenvalue weighted by atomic mass is 16.5. The van der Waals surface area contributed by atoms with Crippen LogP contribution < -0.4 is 10.2 Å². The fourth-order valence-electron chi connectivity index (χ4n) is 2.04. The zero-order chi connectivity index (χ0) is 14.3. The van der Waals surface area contributed by atoms with Gasteiger partial charge < -0.3 is 15.0 Å². The van der Waals surface area contributed by atoms with Crippen LogP contribution in [0.3, 0.4) is 0 Å². The Labute approximate surface area is 118 Å². The fraction of sp³-hybridized carbons (Fsp3) is 0.625. The molecule has 1 rings (SSSR count). The summed E-state index contributed by atoms with van der Waals surface area (Å²) in [5.74, 6) is 0. The van der Waals surface area contributed by atoms with E-state index in [2.05, 4.69) is 56.2 Å². The average molecular weight is 264 g/mol. The van der Waals surface area contributed by atoms with Crippen molar-refractivity contribution in [3.8, 4) is 0 Å². The van der Waals surface area contributed by atoms with Crippen LogP contribution in [-0.2, 0) is 11.3 Å². The first-order valence-corrected chi connectivity index (χ1v) is 7.16. The molecule has 0 atom stereocenters.